The topological polar surface area (TPSA) is 52.0 Å². The minimum absolute atomic E-state index is 0. The van der Waals surface area contributed by atoms with E-state index in [1.54, 1.807) is 0 Å². The summed E-state index contributed by atoms with van der Waals surface area (Å²) in [5.74, 6) is 2.48. The molecule has 0 amide bonds. The van der Waals surface area contributed by atoms with Gasteiger partial charge in [0.2, 0.25) is 0 Å². The van der Waals surface area contributed by atoms with E-state index in [2.05, 4.69) is 0 Å². The van der Waals surface area contributed by atoms with Gasteiger partial charge in [0.15, 0.2) is 0 Å². The Kier molecular flexibility index (Phi) is 30.0. The summed E-state index contributed by atoms with van der Waals surface area (Å²) in [5, 5.41) is 0. The van der Waals surface area contributed by atoms with Crippen molar-refractivity contribution in [3.8, 4) is 0 Å². The fraction of sp³-hybridized carbons (Fsp3) is 1.00. The summed E-state index contributed by atoms with van der Waals surface area (Å²) in [6.07, 6.45) is 4.84. The van der Waals surface area contributed by atoms with Crippen LogP contribution in [0.5, 0.6) is 0 Å². The van der Waals surface area contributed by atoms with E-state index in [1.807, 2.05) is 21.6 Å². The van der Waals surface area contributed by atoms with E-state index in [9.17, 15) is 0 Å². The van der Waals surface area contributed by atoms with E-state index in [-0.39, 0.29) is 34.0 Å². The Morgan fingerprint density at radius 1 is 0.643 bits per heavy atom. The summed E-state index contributed by atoms with van der Waals surface area (Å²) >= 11 is 0. The highest BCUT2D eigenvalue weighted by Crippen LogP contribution is 2.23. The monoisotopic (exact) mass is 368 g/mol. The van der Waals surface area contributed by atoms with Gasteiger partial charge < -0.3 is 11.5 Å². The number of rotatable bonds is 9. The molecule has 0 aromatic carbocycles. The lowest BCUT2D eigenvalue weighted by molar-refractivity contribution is 0.814. The zero-order valence-corrected chi connectivity index (χ0v) is 13.5. The average molecular weight is 370 g/mol. The third-order valence-electron chi connectivity index (χ3n) is 1.45. The third-order valence-corrected chi connectivity index (χ3v) is 4.02. The summed E-state index contributed by atoms with van der Waals surface area (Å²) in [7, 11) is 3.93. The van der Waals surface area contributed by atoms with Gasteiger partial charge in [0.25, 0.3) is 0 Å². The van der Waals surface area contributed by atoms with Crippen LogP contribution in [0.3, 0.4) is 0 Å². The van der Waals surface area contributed by atoms with Crippen molar-refractivity contribution < 1.29 is 0 Å². The molecule has 0 saturated heterocycles. The Balaban J connectivity index is -0.000000605. The van der Waals surface area contributed by atoms with Crippen molar-refractivity contribution in [1.82, 2.24) is 0 Å². The molecule has 0 heterocycles. The van der Waals surface area contributed by atoms with Gasteiger partial charge in [-0.15, -0.1) is 34.0 Å². The molecule has 0 atom stereocenters. The molecule has 0 aliphatic carbocycles. The van der Waals surface area contributed by atoms with Gasteiger partial charge in [-0.2, -0.15) is 0 Å². The Hall–Kier alpha value is 1.58. The van der Waals surface area contributed by atoms with E-state index < -0.39 is 0 Å². The van der Waals surface area contributed by atoms with Gasteiger partial charge in [0.05, 0.1) is 0 Å². The Morgan fingerprint density at radius 3 is 1.29 bits per heavy atom. The molecule has 90 valence electrons. The Bertz CT molecular complexity index is 79.7. The van der Waals surface area contributed by atoms with Crippen molar-refractivity contribution in [2.24, 2.45) is 11.5 Å². The van der Waals surface area contributed by atoms with Gasteiger partial charge >= 0.3 is 0 Å². The smallest absolute Gasteiger partial charge is 0.00374 e. The van der Waals surface area contributed by atoms with Crippen LogP contribution in [0, 0.1) is 0 Å². The van der Waals surface area contributed by atoms with Crippen LogP contribution in [0.25, 0.3) is 0 Å². The van der Waals surface area contributed by atoms with Crippen molar-refractivity contribution in [2.45, 2.75) is 25.7 Å². The van der Waals surface area contributed by atoms with E-state index >= 15 is 0 Å². The molecule has 0 aliphatic heterocycles. The summed E-state index contributed by atoms with van der Waals surface area (Å²) in [6.45, 7) is 1.66. The predicted molar refractivity (Wildman–Crippen MR) is 82.1 cm³/mol. The molecular formula is C8H22Br2N2S2. The Labute approximate surface area is 117 Å². The first-order valence-corrected chi connectivity index (χ1v) is 7.05. The molecule has 0 radical (unpaired) electrons. The Morgan fingerprint density at radius 2 is 1.00 bits per heavy atom. The highest BCUT2D eigenvalue weighted by Gasteiger charge is 1.90. The zero-order valence-electron chi connectivity index (χ0n) is 8.44. The SMILES string of the molecule is Br.Br.NCCCCSSCCCCN. The van der Waals surface area contributed by atoms with Crippen LogP contribution < -0.4 is 11.5 Å². The standard InChI is InChI=1S/C8H20N2S2.2BrH/c9-5-1-3-7-11-12-8-4-2-6-10;;/h1-10H2;2*1H. The maximum Gasteiger partial charge on any atom is 0.00374 e. The molecule has 0 unspecified atom stereocenters. The highest BCUT2D eigenvalue weighted by molar-refractivity contribution is 8.93. The van der Waals surface area contributed by atoms with Crippen molar-refractivity contribution in [3.63, 3.8) is 0 Å². The second-order valence-electron chi connectivity index (χ2n) is 2.64. The van der Waals surface area contributed by atoms with Gasteiger partial charge in [-0.25, -0.2) is 0 Å². The van der Waals surface area contributed by atoms with Crippen LogP contribution in [0.4, 0.5) is 0 Å². The molecular weight excluding hydrogens is 348 g/mol. The summed E-state index contributed by atoms with van der Waals surface area (Å²) in [6, 6.07) is 0. The zero-order chi connectivity index (χ0) is 9.07. The van der Waals surface area contributed by atoms with E-state index in [1.165, 1.54) is 24.3 Å². The van der Waals surface area contributed by atoms with Crippen LogP contribution in [-0.2, 0) is 0 Å². The molecule has 0 spiro atoms. The largest absolute Gasteiger partial charge is 0.330 e. The molecule has 2 nitrogen and oxygen atoms in total. The molecule has 14 heavy (non-hydrogen) atoms. The fourth-order valence-electron chi connectivity index (χ4n) is 0.729. The first-order chi connectivity index (χ1) is 5.91. The van der Waals surface area contributed by atoms with E-state index in [0.717, 1.165) is 25.9 Å². The summed E-state index contributed by atoms with van der Waals surface area (Å²) in [4.78, 5) is 0. The second-order valence-corrected chi connectivity index (χ2v) is 5.34. The fourth-order valence-corrected chi connectivity index (χ4v) is 3.02. The lowest BCUT2D eigenvalue weighted by Crippen LogP contribution is -1.98. The third kappa shape index (κ3) is 19.2. The minimum atomic E-state index is 0. The number of hydrogen-bond acceptors (Lipinski definition) is 4. The van der Waals surface area contributed by atoms with Crippen molar-refractivity contribution >= 4 is 55.6 Å². The molecule has 0 aliphatic rings. The molecule has 0 aromatic rings. The van der Waals surface area contributed by atoms with Crippen LogP contribution in [-0.4, -0.2) is 24.6 Å². The molecule has 0 rings (SSSR count). The predicted octanol–water partition coefficient (Wildman–Crippen LogP) is 3.00. The van der Waals surface area contributed by atoms with Gasteiger partial charge in [0.1, 0.15) is 0 Å². The lowest BCUT2D eigenvalue weighted by atomic mass is 10.3. The maximum absolute atomic E-state index is 5.38. The minimum Gasteiger partial charge on any atom is -0.330 e. The van der Waals surface area contributed by atoms with Crippen molar-refractivity contribution in [1.29, 1.82) is 0 Å². The quantitative estimate of drug-likeness (QED) is 0.484. The van der Waals surface area contributed by atoms with Crippen LogP contribution in [0.2, 0.25) is 0 Å². The van der Waals surface area contributed by atoms with Gasteiger partial charge in [-0.3, -0.25) is 0 Å². The van der Waals surface area contributed by atoms with Gasteiger partial charge in [-0.05, 0) is 38.8 Å². The summed E-state index contributed by atoms with van der Waals surface area (Å²) < 4.78 is 0. The van der Waals surface area contributed by atoms with E-state index in [4.69, 9.17) is 11.5 Å². The molecule has 0 aromatic heterocycles. The number of halogens is 2. The second kappa shape index (κ2) is 20.1. The number of unbranched alkanes of at least 4 members (excludes halogenated alkanes) is 2. The van der Waals surface area contributed by atoms with Gasteiger partial charge in [0, 0.05) is 11.5 Å². The molecule has 4 N–H and O–H groups in total. The molecule has 6 heteroatoms. The van der Waals surface area contributed by atoms with Crippen LogP contribution in [0.1, 0.15) is 25.7 Å². The summed E-state index contributed by atoms with van der Waals surface area (Å²) in [5.41, 5.74) is 10.8. The van der Waals surface area contributed by atoms with E-state index in [0.29, 0.717) is 0 Å². The van der Waals surface area contributed by atoms with Gasteiger partial charge in [-0.1, -0.05) is 21.6 Å². The first-order valence-electron chi connectivity index (χ1n) is 4.56. The molecule has 0 saturated carbocycles. The average Bonchev–Trinajstić information content (AvgIpc) is 2.10. The number of nitrogens with two attached hydrogens (primary N) is 2. The van der Waals surface area contributed by atoms with Crippen LogP contribution in [0.15, 0.2) is 0 Å². The highest BCUT2D eigenvalue weighted by atomic mass is 79.9. The molecule has 0 bridgehead atoms. The first kappa shape index (κ1) is 20.9. The van der Waals surface area contributed by atoms with Crippen molar-refractivity contribution in [3.05, 3.63) is 0 Å². The van der Waals surface area contributed by atoms with Crippen molar-refractivity contribution in [2.75, 3.05) is 24.6 Å². The lowest BCUT2D eigenvalue weighted by Gasteiger charge is -1.99. The normalized spacial score (nSPS) is 9.00. The maximum atomic E-state index is 5.38. The number of hydrogen-bond donors (Lipinski definition) is 2. The van der Waals surface area contributed by atoms with Crippen LogP contribution >= 0.6 is 55.6 Å². The molecule has 0 fully saturated rings.